The molecule has 26 heavy (non-hydrogen) atoms. The Kier molecular flexibility index (Phi) is 5.91. The minimum Gasteiger partial charge on any atom is -0.493 e. The van der Waals surface area contributed by atoms with Gasteiger partial charge in [-0.15, -0.1) is 0 Å². The van der Waals surface area contributed by atoms with E-state index < -0.39 is 0 Å². The highest BCUT2D eigenvalue weighted by atomic mass is 16.5. The Morgan fingerprint density at radius 2 is 1.92 bits per heavy atom. The first-order valence-electron chi connectivity index (χ1n) is 8.76. The van der Waals surface area contributed by atoms with Crippen LogP contribution >= 0.6 is 0 Å². The predicted molar refractivity (Wildman–Crippen MR) is 99.0 cm³/mol. The molecule has 0 saturated carbocycles. The van der Waals surface area contributed by atoms with Gasteiger partial charge in [-0.2, -0.15) is 0 Å². The molecule has 2 heterocycles. The van der Waals surface area contributed by atoms with Gasteiger partial charge in [-0.25, -0.2) is 4.98 Å². The van der Waals surface area contributed by atoms with Crippen molar-refractivity contribution in [2.45, 2.75) is 0 Å². The van der Waals surface area contributed by atoms with Crippen LogP contribution in [0.1, 0.15) is 0 Å². The number of piperazine rings is 1. The summed E-state index contributed by atoms with van der Waals surface area (Å²) in [6.45, 7) is 4.18. The molecule has 138 valence electrons. The second-order valence-electron chi connectivity index (χ2n) is 6.28. The first kappa shape index (κ1) is 18.0. The smallest absolute Gasteiger partial charge is 0.279 e. The minimum absolute atomic E-state index is 0.00643. The third kappa shape index (κ3) is 4.43. The Hall–Kier alpha value is -2.80. The molecule has 0 aliphatic carbocycles. The number of pyridine rings is 1. The van der Waals surface area contributed by atoms with E-state index in [1.54, 1.807) is 26.4 Å². The fourth-order valence-electron chi connectivity index (χ4n) is 3.17. The van der Waals surface area contributed by atoms with E-state index in [2.05, 4.69) is 21.3 Å². The number of H-pyrrole nitrogens is 1. The molecule has 3 N–H and O–H groups in total. The molecule has 7 heteroatoms. The molecule has 1 saturated heterocycles. The van der Waals surface area contributed by atoms with E-state index in [9.17, 15) is 4.79 Å². The highest BCUT2D eigenvalue weighted by Crippen LogP contribution is 2.29. The van der Waals surface area contributed by atoms with Crippen molar-refractivity contribution < 1.29 is 24.2 Å². The number of nitrogens with zero attached hydrogens (tertiary/aromatic N) is 1. The summed E-state index contributed by atoms with van der Waals surface area (Å²) >= 11 is 0. The second-order valence-corrected chi connectivity index (χ2v) is 6.28. The number of nitrogens with one attached hydrogen (secondary N) is 3. The van der Waals surface area contributed by atoms with Gasteiger partial charge in [-0.1, -0.05) is 6.07 Å². The maximum Gasteiger partial charge on any atom is 0.279 e. The number of carbonyl (C=O) groups is 1. The van der Waals surface area contributed by atoms with Crippen molar-refractivity contribution in [3.05, 3.63) is 42.6 Å². The van der Waals surface area contributed by atoms with Crippen LogP contribution in [0.15, 0.2) is 42.6 Å². The topological polar surface area (TPSA) is 69.4 Å². The molecule has 1 aliphatic rings. The van der Waals surface area contributed by atoms with Crippen molar-refractivity contribution in [3.8, 4) is 11.5 Å². The standard InChI is InChI=1S/C19H24N4O3/c1-25-16-7-6-15(13-17(16)26-2)21-19(24)14-22-9-11-23(12-10-22)18-5-3-4-8-20-18/h3-8,13H,9-12,14H2,1-2H3,(H,21,24)/p+2. The van der Waals surface area contributed by atoms with Crippen LogP contribution in [-0.2, 0) is 4.79 Å². The summed E-state index contributed by atoms with van der Waals surface area (Å²) in [5, 5.41) is 2.94. The van der Waals surface area contributed by atoms with Crippen LogP contribution in [0, 0.1) is 0 Å². The Morgan fingerprint density at radius 3 is 2.58 bits per heavy atom. The summed E-state index contributed by atoms with van der Waals surface area (Å²) in [4.78, 5) is 19.2. The molecule has 1 amide bonds. The zero-order chi connectivity index (χ0) is 18.4. The quantitative estimate of drug-likeness (QED) is 0.754. The number of methoxy groups -OCH3 is 2. The summed E-state index contributed by atoms with van der Waals surface area (Å²) in [5.74, 6) is 2.38. The number of aromatic amines is 1. The number of hydrogen-bond acceptors (Lipinski definition) is 4. The molecular formula is C19H26N4O3+2. The highest BCUT2D eigenvalue weighted by molar-refractivity contribution is 5.91. The molecule has 3 rings (SSSR count). The van der Waals surface area contributed by atoms with Gasteiger partial charge in [0, 0.05) is 17.8 Å². The molecular weight excluding hydrogens is 332 g/mol. The van der Waals surface area contributed by atoms with Crippen LogP contribution in [0.3, 0.4) is 0 Å². The van der Waals surface area contributed by atoms with E-state index in [-0.39, 0.29) is 5.91 Å². The monoisotopic (exact) mass is 358 g/mol. The van der Waals surface area contributed by atoms with Gasteiger partial charge >= 0.3 is 0 Å². The number of anilines is 2. The van der Waals surface area contributed by atoms with Crippen LogP contribution in [0.4, 0.5) is 11.5 Å². The zero-order valence-corrected chi connectivity index (χ0v) is 15.2. The molecule has 0 radical (unpaired) electrons. The van der Waals surface area contributed by atoms with Crippen LogP contribution in [0.5, 0.6) is 11.5 Å². The maximum atomic E-state index is 12.4. The second kappa shape index (κ2) is 8.53. The molecule has 1 aromatic heterocycles. The lowest BCUT2D eigenvalue weighted by atomic mass is 10.2. The predicted octanol–water partition coefficient (Wildman–Crippen LogP) is -0.138. The van der Waals surface area contributed by atoms with Gasteiger partial charge in [-0.05, 0) is 18.2 Å². The fourth-order valence-corrected chi connectivity index (χ4v) is 3.17. The summed E-state index contributed by atoms with van der Waals surface area (Å²) in [7, 11) is 3.17. The Labute approximate surface area is 153 Å². The minimum atomic E-state index is 0.00643. The van der Waals surface area contributed by atoms with Gasteiger partial charge in [0.15, 0.2) is 18.0 Å². The average molecular weight is 358 g/mol. The lowest BCUT2D eigenvalue weighted by Gasteiger charge is -2.27. The number of rotatable bonds is 6. The Bertz CT molecular complexity index is 731. The van der Waals surface area contributed by atoms with Crippen molar-refractivity contribution >= 4 is 17.4 Å². The van der Waals surface area contributed by atoms with E-state index in [4.69, 9.17) is 9.47 Å². The van der Waals surface area contributed by atoms with Crippen LogP contribution in [-0.4, -0.2) is 52.9 Å². The molecule has 7 nitrogen and oxygen atoms in total. The van der Waals surface area contributed by atoms with Crippen molar-refractivity contribution in [3.63, 3.8) is 0 Å². The first-order valence-corrected chi connectivity index (χ1v) is 8.76. The van der Waals surface area contributed by atoms with Gasteiger partial charge in [0.1, 0.15) is 26.2 Å². The summed E-state index contributed by atoms with van der Waals surface area (Å²) in [6.07, 6.45) is 1.94. The van der Waals surface area contributed by atoms with E-state index >= 15 is 0 Å². The number of ether oxygens (including phenoxy) is 2. The summed E-state index contributed by atoms with van der Waals surface area (Å²) < 4.78 is 10.5. The number of hydrogen-bond donors (Lipinski definition) is 2. The third-order valence-corrected chi connectivity index (χ3v) is 4.58. The molecule has 0 bridgehead atoms. The number of quaternary nitrogens is 1. The van der Waals surface area contributed by atoms with Gasteiger partial charge in [0.2, 0.25) is 0 Å². The molecule has 0 unspecified atom stereocenters. The number of benzene rings is 1. The average Bonchev–Trinajstić information content (AvgIpc) is 2.69. The van der Waals surface area contributed by atoms with E-state index in [0.29, 0.717) is 23.7 Å². The van der Waals surface area contributed by atoms with Gasteiger partial charge < -0.3 is 19.7 Å². The van der Waals surface area contributed by atoms with Gasteiger partial charge in [0.05, 0.1) is 20.4 Å². The summed E-state index contributed by atoms with van der Waals surface area (Å²) in [6, 6.07) is 11.5. The van der Waals surface area contributed by atoms with E-state index in [1.807, 2.05) is 24.4 Å². The van der Waals surface area contributed by atoms with Gasteiger partial charge in [-0.3, -0.25) is 9.69 Å². The fraction of sp³-hybridized carbons (Fsp3) is 0.368. The van der Waals surface area contributed by atoms with Crippen molar-refractivity contribution in [2.75, 3.05) is 57.2 Å². The maximum absolute atomic E-state index is 12.4. The lowest BCUT2D eigenvalue weighted by Crippen LogP contribution is -3.15. The van der Waals surface area contributed by atoms with E-state index in [0.717, 1.165) is 32.0 Å². The van der Waals surface area contributed by atoms with Crippen molar-refractivity contribution in [2.24, 2.45) is 0 Å². The Morgan fingerprint density at radius 1 is 1.15 bits per heavy atom. The molecule has 1 aliphatic heterocycles. The number of amides is 1. The lowest BCUT2D eigenvalue weighted by molar-refractivity contribution is -0.892. The molecule has 1 aromatic carbocycles. The molecule has 1 fully saturated rings. The summed E-state index contributed by atoms with van der Waals surface area (Å²) in [5.41, 5.74) is 0.713. The van der Waals surface area contributed by atoms with Crippen LogP contribution in [0.25, 0.3) is 0 Å². The largest absolute Gasteiger partial charge is 0.493 e. The van der Waals surface area contributed by atoms with Crippen molar-refractivity contribution in [1.82, 2.24) is 0 Å². The molecule has 0 spiro atoms. The highest BCUT2D eigenvalue weighted by Gasteiger charge is 2.27. The van der Waals surface area contributed by atoms with Crippen LogP contribution in [0.2, 0.25) is 0 Å². The Balaban J connectivity index is 1.50. The number of carbonyl (C=O) groups excluding carboxylic acids is 1. The number of aromatic nitrogens is 1. The first-order chi connectivity index (χ1) is 12.7. The van der Waals surface area contributed by atoms with E-state index in [1.165, 1.54) is 4.90 Å². The van der Waals surface area contributed by atoms with Crippen molar-refractivity contribution in [1.29, 1.82) is 0 Å². The zero-order valence-electron chi connectivity index (χ0n) is 15.2. The normalized spacial score (nSPS) is 14.8. The third-order valence-electron chi connectivity index (χ3n) is 4.58. The molecule has 2 aromatic rings. The van der Waals surface area contributed by atoms with Crippen LogP contribution < -0.4 is 29.6 Å². The van der Waals surface area contributed by atoms with Gasteiger partial charge in [0.25, 0.3) is 11.7 Å². The SMILES string of the molecule is COc1ccc(NC(=O)C[NH+]2CCN(c3cccc[nH+]3)CC2)cc1OC. The molecule has 0 atom stereocenters.